The highest BCUT2D eigenvalue weighted by atomic mass is 35.5. The quantitative estimate of drug-likeness (QED) is 0.775. The van der Waals surface area contributed by atoms with Gasteiger partial charge in [-0.2, -0.15) is 5.26 Å². The molecule has 0 atom stereocenters. The van der Waals surface area contributed by atoms with Gasteiger partial charge in [0, 0.05) is 16.8 Å². The number of rotatable bonds is 5. The number of hydrogen-bond acceptors (Lipinski definition) is 4. The summed E-state index contributed by atoms with van der Waals surface area (Å²) in [6, 6.07) is 18.0. The molecular weight excluding hydrogens is 382 g/mol. The molecule has 0 spiro atoms. The molecule has 0 aromatic heterocycles. The van der Waals surface area contributed by atoms with Crippen molar-refractivity contribution in [2.75, 3.05) is 26.2 Å². The van der Waals surface area contributed by atoms with E-state index in [1.807, 2.05) is 29.2 Å². The van der Waals surface area contributed by atoms with Gasteiger partial charge in [0.25, 0.3) is 0 Å². The van der Waals surface area contributed by atoms with Crippen molar-refractivity contribution in [3.8, 4) is 6.07 Å². The minimum absolute atomic E-state index is 0.0769. The van der Waals surface area contributed by atoms with Gasteiger partial charge in [-0.15, -0.1) is 0 Å². The molecule has 1 aliphatic heterocycles. The topological polar surface area (TPSA) is 65.6 Å². The van der Waals surface area contributed by atoms with Crippen molar-refractivity contribution in [2.45, 2.75) is 11.4 Å². The molecule has 5 nitrogen and oxygen atoms in total. The van der Waals surface area contributed by atoms with Gasteiger partial charge in [-0.25, -0.2) is 8.42 Å². The number of quaternary nitrogens is 1. The van der Waals surface area contributed by atoms with E-state index in [0.717, 1.165) is 19.6 Å². The summed E-state index contributed by atoms with van der Waals surface area (Å²) in [7, 11) is -3.84. The predicted octanol–water partition coefficient (Wildman–Crippen LogP) is 1.88. The number of sulfone groups is 1. The van der Waals surface area contributed by atoms with E-state index in [4.69, 9.17) is 11.6 Å². The van der Waals surface area contributed by atoms with E-state index in [0.29, 0.717) is 18.1 Å². The molecule has 140 valence electrons. The molecule has 1 heterocycles. The highest BCUT2D eigenvalue weighted by Gasteiger charge is 2.24. The van der Waals surface area contributed by atoms with Crippen molar-refractivity contribution in [3.63, 3.8) is 0 Å². The van der Waals surface area contributed by atoms with Gasteiger partial charge in [0.05, 0.1) is 31.1 Å². The Morgan fingerprint density at radius 3 is 2.33 bits per heavy atom. The average Bonchev–Trinajstić information content (AvgIpc) is 2.68. The lowest BCUT2D eigenvalue weighted by Gasteiger charge is -2.31. The lowest BCUT2D eigenvalue weighted by atomic mass is 10.2. The number of allylic oxidation sites excluding steroid dienone is 1. The van der Waals surface area contributed by atoms with Crippen molar-refractivity contribution < 1.29 is 13.3 Å². The number of halogens is 1. The van der Waals surface area contributed by atoms with Gasteiger partial charge >= 0.3 is 0 Å². The van der Waals surface area contributed by atoms with Crippen LogP contribution >= 0.6 is 11.6 Å². The van der Waals surface area contributed by atoms with E-state index in [2.05, 4.69) is 12.1 Å². The van der Waals surface area contributed by atoms with Gasteiger partial charge < -0.3 is 9.80 Å². The van der Waals surface area contributed by atoms with Crippen LogP contribution in [0.3, 0.4) is 0 Å². The fraction of sp³-hybridized carbons (Fsp3) is 0.250. The molecule has 1 saturated heterocycles. The smallest absolute Gasteiger partial charge is 0.218 e. The lowest BCUT2D eigenvalue weighted by Crippen LogP contribution is -3.13. The van der Waals surface area contributed by atoms with Crippen molar-refractivity contribution in [1.82, 2.24) is 4.90 Å². The Hall–Kier alpha value is -2.33. The van der Waals surface area contributed by atoms with E-state index in [9.17, 15) is 13.7 Å². The third kappa shape index (κ3) is 4.89. The number of nitrogens with one attached hydrogen (secondary N) is 1. The summed E-state index contributed by atoms with van der Waals surface area (Å²) in [4.78, 5) is 3.20. The van der Waals surface area contributed by atoms with Crippen LogP contribution in [0.1, 0.15) is 5.56 Å². The Kier molecular flexibility index (Phi) is 6.17. The second-order valence-corrected chi connectivity index (χ2v) is 8.87. The van der Waals surface area contributed by atoms with Gasteiger partial charge in [-0.3, -0.25) is 0 Å². The van der Waals surface area contributed by atoms with Gasteiger partial charge in [-0.1, -0.05) is 41.9 Å². The largest absolute Gasteiger partial charge is 0.364 e. The predicted molar refractivity (Wildman–Crippen MR) is 105 cm³/mol. The molecule has 1 aliphatic rings. The zero-order valence-electron chi connectivity index (χ0n) is 14.8. The average molecular weight is 403 g/mol. The monoisotopic (exact) mass is 402 g/mol. The summed E-state index contributed by atoms with van der Waals surface area (Å²) in [5.41, 5.74) is 1.29. The minimum Gasteiger partial charge on any atom is -0.364 e. The first-order chi connectivity index (χ1) is 13.0. The number of nitrogens with zero attached hydrogens (tertiary/aromatic N) is 2. The van der Waals surface area contributed by atoms with Gasteiger partial charge in [-0.05, 0) is 24.3 Å². The van der Waals surface area contributed by atoms with Crippen molar-refractivity contribution in [1.29, 1.82) is 5.26 Å². The maximum Gasteiger partial charge on any atom is 0.218 e. The molecule has 7 heteroatoms. The van der Waals surface area contributed by atoms with Crippen LogP contribution in [0.4, 0.5) is 0 Å². The second-order valence-electron chi connectivity index (χ2n) is 6.51. The maximum absolute atomic E-state index is 12.7. The zero-order valence-corrected chi connectivity index (χ0v) is 16.4. The number of hydrogen-bond donors (Lipinski definition) is 1. The van der Waals surface area contributed by atoms with Crippen LogP contribution in [0, 0.1) is 11.3 Å². The van der Waals surface area contributed by atoms with Gasteiger partial charge in [0.1, 0.15) is 12.6 Å². The highest BCUT2D eigenvalue weighted by Crippen LogP contribution is 2.21. The molecule has 3 rings (SSSR count). The number of benzene rings is 2. The van der Waals surface area contributed by atoms with Crippen LogP contribution in [0.15, 0.2) is 70.6 Å². The van der Waals surface area contributed by atoms with Crippen molar-refractivity contribution in [3.05, 3.63) is 76.3 Å². The SMILES string of the molecule is N#C/C(=C\N1CC[NH+](Cc2ccccc2)CC1)S(=O)(=O)c1ccc(Cl)cc1. The normalized spacial score (nSPS) is 16.1. The van der Waals surface area contributed by atoms with E-state index in [1.165, 1.54) is 40.9 Å². The van der Waals surface area contributed by atoms with E-state index < -0.39 is 9.84 Å². The molecule has 0 unspecified atom stereocenters. The van der Waals surface area contributed by atoms with Crippen LogP contribution in [0.5, 0.6) is 0 Å². The molecule has 0 bridgehead atoms. The Bertz CT molecular complexity index is 943. The Morgan fingerprint density at radius 1 is 1.11 bits per heavy atom. The third-order valence-electron chi connectivity index (χ3n) is 4.63. The molecule has 1 N–H and O–H groups in total. The second kappa shape index (κ2) is 8.57. The summed E-state index contributed by atoms with van der Waals surface area (Å²) < 4.78 is 25.4. The van der Waals surface area contributed by atoms with Crippen LogP contribution in [-0.2, 0) is 16.4 Å². The molecule has 0 saturated carbocycles. The highest BCUT2D eigenvalue weighted by molar-refractivity contribution is 7.95. The van der Waals surface area contributed by atoms with Crippen LogP contribution < -0.4 is 4.90 Å². The van der Waals surface area contributed by atoms with Crippen molar-refractivity contribution in [2.24, 2.45) is 0 Å². The Labute approximate surface area is 165 Å². The standard InChI is InChI=1S/C20H20ClN3O2S/c21-18-6-8-19(9-7-18)27(25,26)20(14-22)16-24-12-10-23(11-13-24)15-17-4-2-1-3-5-17/h1-9,16H,10-13,15H2/p+1/b20-16+. The van der Waals surface area contributed by atoms with Crippen LogP contribution in [0.25, 0.3) is 0 Å². The summed E-state index contributed by atoms with van der Waals surface area (Å²) >= 11 is 5.82. The zero-order chi connectivity index (χ0) is 19.3. The Balaban J connectivity index is 1.67. The fourth-order valence-corrected chi connectivity index (χ4v) is 4.38. The molecular formula is C20H21ClN3O2S+. The molecule has 0 aliphatic carbocycles. The lowest BCUT2D eigenvalue weighted by molar-refractivity contribution is -0.917. The first kappa shape index (κ1) is 19.4. The molecule has 2 aromatic carbocycles. The van der Waals surface area contributed by atoms with Gasteiger partial charge in [0.15, 0.2) is 4.91 Å². The number of piperazine rings is 1. The summed E-state index contributed by atoms with van der Waals surface area (Å²) in [6.45, 7) is 4.16. The third-order valence-corrected chi connectivity index (χ3v) is 6.55. The fourth-order valence-electron chi connectivity index (χ4n) is 3.10. The number of nitriles is 1. The maximum atomic E-state index is 12.7. The summed E-state index contributed by atoms with van der Waals surface area (Å²) in [6.07, 6.45) is 1.48. The first-order valence-corrected chi connectivity index (χ1v) is 10.6. The van der Waals surface area contributed by atoms with Crippen LogP contribution in [0.2, 0.25) is 5.02 Å². The summed E-state index contributed by atoms with van der Waals surface area (Å²) in [5, 5.41) is 9.85. The minimum atomic E-state index is -3.84. The van der Waals surface area contributed by atoms with Crippen molar-refractivity contribution >= 4 is 21.4 Å². The molecule has 1 fully saturated rings. The van der Waals surface area contributed by atoms with Crippen LogP contribution in [-0.4, -0.2) is 39.5 Å². The van der Waals surface area contributed by atoms with E-state index in [-0.39, 0.29) is 9.80 Å². The van der Waals surface area contributed by atoms with Gasteiger partial charge in [0.2, 0.25) is 9.84 Å². The Morgan fingerprint density at radius 2 is 1.74 bits per heavy atom. The summed E-state index contributed by atoms with van der Waals surface area (Å²) in [5.74, 6) is 0. The van der Waals surface area contributed by atoms with E-state index in [1.54, 1.807) is 0 Å². The molecule has 2 aromatic rings. The molecule has 27 heavy (non-hydrogen) atoms. The molecule has 0 amide bonds. The first-order valence-electron chi connectivity index (χ1n) is 8.73. The van der Waals surface area contributed by atoms with E-state index >= 15 is 0 Å². The molecule has 0 radical (unpaired) electrons.